The number of ether oxygens (including phenoxy) is 2. The van der Waals surface area contributed by atoms with Crippen molar-refractivity contribution >= 4 is 0 Å². The summed E-state index contributed by atoms with van der Waals surface area (Å²) >= 11 is 0. The van der Waals surface area contributed by atoms with Crippen LogP contribution in [0.5, 0.6) is 11.5 Å². The lowest BCUT2D eigenvalue weighted by molar-refractivity contribution is -0.189. The van der Waals surface area contributed by atoms with Crippen LogP contribution in [0, 0.1) is 17.6 Å². The predicted octanol–water partition coefficient (Wildman–Crippen LogP) is 8.84. The Morgan fingerprint density at radius 1 is 0.971 bits per heavy atom. The Balaban J connectivity index is 1.69. The normalized spacial score (nSPS) is 18.7. The van der Waals surface area contributed by atoms with E-state index < -0.39 is 35.1 Å². The fourth-order valence-corrected chi connectivity index (χ4v) is 4.10. The van der Waals surface area contributed by atoms with Crippen molar-refractivity contribution in [3.8, 4) is 11.5 Å². The van der Waals surface area contributed by atoms with Crippen LogP contribution in [0.3, 0.4) is 0 Å². The van der Waals surface area contributed by atoms with Crippen LogP contribution in [0.4, 0.5) is 26.3 Å². The van der Waals surface area contributed by atoms with E-state index in [-0.39, 0.29) is 17.9 Å². The summed E-state index contributed by atoms with van der Waals surface area (Å²) in [6, 6.07) is 6.17. The number of halogens is 6. The van der Waals surface area contributed by atoms with Crippen LogP contribution in [-0.4, -0.2) is 0 Å². The van der Waals surface area contributed by atoms with Gasteiger partial charge in [-0.3, -0.25) is 0 Å². The predicted molar refractivity (Wildman–Crippen MR) is 117 cm³/mol. The Morgan fingerprint density at radius 2 is 1.56 bits per heavy atom. The number of hydrogen-bond acceptors (Lipinski definition) is 2. The average Bonchev–Trinajstić information content (AvgIpc) is 2.78. The van der Waals surface area contributed by atoms with E-state index in [1.165, 1.54) is 0 Å². The molecule has 0 aromatic heterocycles. The summed E-state index contributed by atoms with van der Waals surface area (Å²) in [5.74, 6) is -2.90. The third-order valence-electron chi connectivity index (χ3n) is 5.82. The molecule has 0 aliphatic heterocycles. The van der Waals surface area contributed by atoms with Gasteiger partial charge in [0.25, 0.3) is 0 Å². The molecule has 3 rings (SSSR count). The van der Waals surface area contributed by atoms with Gasteiger partial charge < -0.3 is 9.47 Å². The molecular weight excluding hydrogens is 458 g/mol. The molecule has 0 amide bonds. The number of benzene rings is 2. The topological polar surface area (TPSA) is 18.5 Å². The molecular formula is C26H26F6O2. The molecule has 0 spiro atoms. The summed E-state index contributed by atoms with van der Waals surface area (Å²) in [5.41, 5.74) is -1.12. The molecule has 2 nitrogen and oxygen atoms in total. The summed E-state index contributed by atoms with van der Waals surface area (Å²) in [7, 11) is 0. The molecule has 0 radical (unpaired) electrons. The molecule has 0 bridgehead atoms. The van der Waals surface area contributed by atoms with E-state index in [1.807, 2.05) is 0 Å². The monoisotopic (exact) mass is 484 g/mol. The molecule has 184 valence electrons. The first-order valence-electron chi connectivity index (χ1n) is 11.2. The molecule has 2 aromatic carbocycles. The summed E-state index contributed by atoms with van der Waals surface area (Å²) in [4.78, 5) is 0. The minimum Gasteiger partial charge on any atom is -0.459 e. The first kappa shape index (κ1) is 25.7. The summed E-state index contributed by atoms with van der Waals surface area (Å²) in [6.45, 7) is 2.10. The van der Waals surface area contributed by atoms with Gasteiger partial charge in [-0.15, -0.1) is 0 Å². The van der Waals surface area contributed by atoms with Crippen LogP contribution < -0.4 is 9.47 Å². The van der Waals surface area contributed by atoms with E-state index in [0.29, 0.717) is 11.5 Å². The number of unbranched alkanes of at least 4 members (excludes halogenated alkanes) is 1. The molecule has 0 unspecified atom stereocenters. The third-order valence-corrected chi connectivity index (χ3v) is 5.82. The molecule has 1 aliphatic rings. The van der Waals surface area contributed by atoms with Gasteiger partial charge in [-0.05, 0) is 85.9 Å². The maximum Gasteiger partial charge on any atom is 0.432 e. The maximum atomic E-state index is 14.7. The van der Waals surface area contributed by atoms with Crippen molar-refractivity contribution in [2.75, 3.05) is 0 Å². The molecule has 0 N–H and O–H groups in total. The molecule has 0 saturated heterocycles. The highest BCUT2D eigenvalue weighted by molar-refractivity contribution is 5.34. The molecule has 1 saturated carbocycles. The molecule has 34 heavy (non-hydrogen) atoms. The van der Waals surface area contributed by atoms with Crippen molar-refractivity contribution < 1.29 is 35.8 Å². The summed E-state index contributed by atoms with van der Waals surface area (Å²) < 4.78 is 91.9. The van der Waals surface area contributed by atoms with Gasteiger partial charge in [-0.1, -0.05) is 25.5 Å². The SMILES string of the molecule is CCCC=CC1CCC(c2cc(F)c(C(F)(F)Oc3ccc(OC=C(F)F)cc3)c(F)c2)CC1. The van der Waals surface area contributed by atoms with Gasteiger partial charge in [0.1, 0.15) is 28.7 Å². The van der Waals surface area contributed by atoms with Crippen molar-refractivity contribution in [3.05, 3.63) is 83.7 Å². The van der Waals surface area contributed by atoms with Gasteiger partial charge in [0.15, 0.2) is 6.26 Å². The van der Waals surface area contributed by atoms with E-state index in [1.54, 1.807) is 0 Å². The lowest BCUT2D eigenvalue weighted by Crippen LogP contribution is -2.25. The zero-order valence-corrected chi connectivity index (χ0v) is 18.7. The van der Waals surface area contributed by atoms with Crippen molar-refractivity contribution in [2.45, 2.75) is 57.5 Å². The Bertz CT molecular complexity index is 981. The van der Waals surface area contributed by atoms with Crippen molar-refractivity contribution in [1.82, 2.24) is 0 Å². The van der Waals surface area contributed by atoms with E-state index in [9.17, 15) is 26.3 Å². The standard InChI is InChI=1S/C26H26F6O2/c1-2-3-4-5-17-6-8-18(9-7-17)19-14-22(27)25(23(28)15-19)26(31,32)34-21-12-10-20(11-13-21)33-16-24(29)30/h4-5,10-18H,2-3,6-9H2,1H3. The van der Waals surface area contributed by atoms with Crippen LogP contribution in [0.25, 0.3) is 0 Å². The highest BCUT2D eigenvalue weighted by Gasteiger charge is 2.41. The van der Waals surface area contributed by atoms with Gasteiger partial charge in [-0.2, -0.15) is 17.6 Å². The summed E-state index contributed by atoms with van der Waals surface area (Å²) in [6.07, 6.45) is 3.47. The molecule has 8 heteroatoms. The van der Waals surface area contributed by atoms with Crippen molar-refractivity contribution in [2.24, 2.45) is 5.92 Å². The number of alkyl halides is 2. The van der Waals surface area contributed by atoms with E-state index in [4.69, 9.17) is 0 Å². The first-order chi connectivity index (χ1) is 16.2. The van der Waals surface area contributed by atoms with E-state index in [2.05, 4.69) is 28.5 Å². The van der Waals surface area contributed by atoms with Crippen LogP contribution in [0.1, 0.15) is 62.5 Å². The Labute approximate surface area is 194 Å². The van der Waals surface area contributed by atoms with Gasteiger partial charge in [-0.25, -0.2) is 8.78 Å². The second-order valence-electron chi connectivity index (χ2n) is 8.30. The Morgan fingerprint density at radius 3 is 2.12 bits per heavy atom. The zero-order chi connectivity index (χ0) is 24.7. The minimum absolute atomic E-state index is 0.0549. The smallest absolute Gasteiger partial charge is 0.432 e. The molecule has 1 fully saturated rings. The van der Waals surface area contributed by atoms with Crippen LogP contribution >= 0.6 is 0 Å². The Kier molecular flexibility index (Phi) is 8.69. The van der Waals surface area contributed by atoms with Crippen molar-refractivity contribution in [3.63, 3.8) is 0 Å². The summed E-state index contributed by atoms with van der Waals surface area (Å²) in [5, 5.41) is 0. The van der Waals surface area contributed by atoms with Gasteiger partial charge in [0.05, 0.1) is 0 Å². The minimum atomic E-state index is -4.29. The quantitative estimate of drug-likeness (QED) is 0.201. The highest BCUT2D eigenvalue weighted by atomic mass is 19.3. The van der Waals surface area contributed by atoms with Crippen molar-refractivity contribution in [1.29, 1.82) is 0 Å². The van der Waals surface area contributed by atoms with Gasteiger partial charge in [0, 0.05) is 0 Å². The largest absolute Gasteiger partial charge is 0.459 e. The average molecular weight is 484 g/mol. The van der Waals surface area contributed by atoms with Crippen LogP contribution in [0.2, 0.25) is 0 Å². The van der Waals surface area contributed by atoms with Gasteiger partial charge >= 0.3 is 12.2 Å². The van der Waals surface area contributed by atoms with E-state index >= 15 is 0 Å². The lowest BCUT2D eigenvalue weighted by Gasteiger charge is -2.28. The maximum absolute atomic E-state index is 14.7. The van der Waals surface area contributed by atoms with E-state index in [0.717, 1.165) is 74.9 Å². The molecule has 2 aromatic rings. The van der Waals surface area contributed by atoms with Crippen LogP contribution in [-0.2, 0) is 6.11 Å². The Hall–Kier alpha value is -2.90. The molecule has 1 aliphatic carbocycles. The molecule has 0 heterocycles. The number of rotatable bonds is 9. The number of allylic oxidation sites excluding steroid dienone is 2. The highest BCUT2D eigenvalue weighted by Crippen LogP contribution is 2.40. The van der Waals surface area contributed by atoms with Crippen LogP contribution in [0.15, 0.2) is 60.9 Å². The zero-order valence-electron chi connectivity index (χ0n) is 18.7. The first-order valence-corrected chi connectivity index (χ1v) is 11.2. The second-order valence-corrected chi connectivity index (χ2v) is 8.30. The fourth-order valence-electron chi connectivity index (χ4n) is 4.10. The second kappa shape index (κ2) is 11.5. The third kappa shape index (κ3) is 6.81. The molecule has 0 atom stereocenters. The number of hydrogen-bond donors (Lipinski definition) is 0. The fraction of sp³-hybridized carbons (Fsp3) is 0.385. The lowest BCUT2D eigenvalue weighted by atomic mass is 9.78. The van der Waals surface area contributed by atoms with Gasteiger partial charge in [0.2, 0.25) is 0 Å².